The second kappa shape index (κ2) is 16.0. The summed E-state index contributed by atoms with van der Waals surface area (Å²) in [6, 6.07) is 71.5. The van der Waals surface area contributed by atoms with Gasteiger partial charge in [-0.2, -0.15) is 5.26 Å². The number of hydrogen-bond acceptors (Lipinski definition) is 3. The van der Waals surface area contributed by atoms with E-state index in [1.807, 2.05) is 80.0 Å². The predicted octanol–water partition coefficient (Wildman–Crippen LogP) is 15.7. The first-order valence-electron chi connectivity index (χ1n) is 22.2. The lowest BCUT2D eigenvalue weighted by Gasteiger charge is -2.21. The van der Waals surface area contributed by atoms with Crippen LogP contribution in [0.4, 0.5) is 5.69 Å². The van der Waals surface area contributed by atoms with Crippen LogP contribution in [0.15, 0.2) is 213 Å². The summed E-state index contributed by atoms with van der Waals surface area (Å²) >= 11 is 0. The van der Waals surface area contributed by atoms with Gasteiger partial charge in [-0.3, -0.25) is 9.97 Å². The van der Waals surface area contributed by atoms with Gasteiger partial charge < -0.3 is 9.13 Å². The number of pyridine rings is 2. The monoisotopic (exact) mass is 854 g/mol. The number of aryl methyl sites for hydroxylation is 1. The molecule has 0 bridgehead atoms. The Bertz CT molecular complexity index is 4010. The van der Waals surface area contributed by atoms with Crippen LogP contribution in [0.3, 0.4) is 0 Å². The second-order valence-corrected chi connectivity index (χ2v) is 16.8. The van der Waals surface area contributed by atoms with E-state index < -0.39 is 0 Å². The topological polar surface area (TPSA) is 63.8 Å². The van der Waals surface area contributed by atoms with Crippen LogP contribution < -0.4 is 0 Å². The maximum atomic E-state index is 10.3. The first kappa shape index (κ1) is 39.2. The summed E-state index contributed by atoms with van der Waals surface area (Å²) in [5.41, 5.74) is 17.0. The molecule has 6 nitrogen and oxygen atoms in total. The van der Waals surface area contributed by atoms with Crippen molar-refractivity contribution in [1.82, 2.24) is 19.1 Å². The smallest absolute Gasteiger partial charge is 0.234 e. The van der Waals surface area contributed by atoms with Crippen molar-refractivity contribution in [2.75, 3.05) is 0 Å². The number of nitrogens with zero attached hydrogens (tertiary/aromatic N) is 6. The lowest BCUT2D eigenvalue weighted by atomic mass is 9.96. The quantitative estimate of drug-likeness (QED) is 0.150. The molecule has 4 heterocycles. The van der Waals surface area contributed by atoms with E-state index in [1.54, 1.807) is 0 Å². The van der Waals surface area contributed by atoms with E-state index in [4.69, 9.17) is 9.97 Å². The van der Waals surface area contributed by atoms with Gasteiger partial charge in [-0.15, -0.1) is 0 Å². The van der Waals surface area contributed by atoms with Gasteiger partial charge in [0.2, 0.25) is 5.69 Å². The van der Waals surface area contributed by atoms with Crippen molar-refractivity contribution in [2.45, 2.75) is 6.92 Å². The Balaban J connectivity index is 1.18. The molecular weight excluding hydrogens is 817 g/mol. The Labute approximate surface area is 387 Å². The fourth-order valence-electron chi connectivity index (χ4n) is 10.0. The van der Waals surface area contributed by atoms with Gasteiger partial charge >= 0.3 is 0 Å². The summed E-state index contributed by atoms with van der Waals surface area (Å²) in [6.07, 6.45) is 3.69. The molecule has 0 aliphatic rings. The Kier molecular flexibility index (Phi) is 9.38. The van der Waals surface area contributed by atoms with Gasteiger partial charge in [0.05, 0.1) is 63.0 Å². The fourth-order valence-corrected chi connectivity index (χ4v) is 10.0. The van der Waals surface area contributed by atoms with Gasteiger partial charge in [0.15, 0.2) is 0 Å². The first-order chi connectivity index (χ1) is 33.1. The standard InChI is InChI=1S/C61H38N6/c1-39-33-40(38-62)35-45(34-39)48-29-30-55(66-53-23-11-9-19-49(53)51-27-25-43(36-56(51)66)46-21-13-31-64-58(46)41-15-5-3-6-16-41)60(63-2)61(48)67-54-24-12-10-20-50(54)52-28-26-44(37-57(52)67)47-22-14-32-65-59(47)42-17-7-4-8-18-42/h3-37H,1H3. The van der Waals surface area contributed by atoms with E-state index in [0.29, 0.717) is 11.3 Å². The highest BCUT2D eigenvalue weighted by molar-refractivity contribution is 6.14. The fraction of sp³-hybridized carbons (Fsp3) is 0.0164. The molecule has 0 aliphatic heterocycles. The molecule has 12 aromatic rings. The van der Waals surface area contributed by atoms with Crippen LogP contribution in [-0.4, -0.2) is 19.1 Å². The zero-order valence-corrected chi connectivity index (χ0v) is 36.4. The molecule has 0 spiro atoms. The zero-order chi connectivity index (χ0) is 45.0. The SMILES string of the molecule is [C-]#[N+]c1c(-n2c3ccccc3c3ccc(-c4cccnc4-c4ccccc4)cc32)ccc(-c2cc(C)cc(C#N)c2)c1-n1c2ccccc2c2ccc(-c3cccnc3-c3ccccc3)cc21. The number of para-hydroxylation sites is 2. The van der Waals surface area contributed by atoms with Crippen molar-refractivity contribution < 1.29 is 0 Å². The molecule has 0 radical (unpaired) electrons. The van der Waals surface area contributed by atoms with Gasteiger partial charge in [0.1, 0.15) is 0 Å². The van der Waals surface area contributed by atoms with E-state index >= 15 is 0 Å². The van der Waals surface area contributed by atoms with E-state index in [2.05, 4.69) is 160 Å². The van der Waals surface area contributed by atoms with E-state index in [-0.39, 0.29) is 0 Å². The Hall–Kier alpha value is -9.36. The molecule has 0 aliphatic carbocycles. The highest BCUT2D eigenvalue weighted by Crippen LogP contribution is 2.47. The normalized spacial score (nSPS) is 11.3. The van der Waals surface area contributed by atoms with E-state index in [9.17, 15) is 11.8 Å². The largest absolute Gasteiger partial charge is 0.319 e. The minimum absolute atomic E-state index is 0.483. The molecule has 0 atom stereocenters. The van der Waals surface area contributed by atoms with Crippen LogP contribution in [0.2, 0.25) is 0 Å². The minimum Gasteiger partial charge on any atom is -0.319 e. The zero-order valence-electron chi connectivity index (χ0n) is 36.4. The number of nitriles is 1. The van der Waals surface area contributed by atoms with Gasteiger partial charge in [0.25, 0.3) is 0 Å². The molecule has 67 heavy (non-hydrogen) atoms. The van der Waals surface area contributed by atoms with E-state index in [0.717, 1.165) is 116 Å². The average Bonchev–Trinajstić information content (AvgIpc) is 3.90. The summed E-state index contributed by atoms with van der Waals surface area (Å²) in [5.74, 6) is 0. The molecule has 4 aromatic heterocycles. The third-order valence-electron chi connectivity index (χ3n) is 12.9. The highest BCUT2D eigenvalue weighted by Gasteiger charge is 2.25. The number of hydrogen-bond donors (Lipinski definition) is 0. The molecule has 0 saturated heterocycles. The predicted molar refractivity (Wildman–Crippen MR) is 274 cm³/mol. The van der Waals surface area contributed by atoms with Crippen LogP contribution in [0.5, 0.6) is 0 Å². The lowest BCUT2D eigenvalue weighted by Crippen LogP contribution is -2.03. The lowest BCUT2D eigenvalue weighted by molar-refractivity contribution is 1.14. The number of aromatic nitrogens is 4. The van der Waals surface area contributed by atoms with Gasteiger partial charge in [-0.1, -0.05) is 146 Å². The number of benzene rings is 8. The summed E-state index contributed by atoms with van der Waals surface area (Å²) in [7, 11) is 0. The Morgan fingerprint density at radius 3 is 1.54 bits per heavy atom. The minimum atomic E-state index is 0.483. The second-order valence-electron chi connectivity index (χ2n) is 16.8. The average molecular weight is 855 g/mol. The Morgan fingerprint density at radius 1 is 0.448 bits per heavy atom. The van der Waals surface area contributed by atoms with Crippen molar-refractivity contribution in [1.29, 1.82) is 5.26 Å². The molecule has 8 aromatic carbocycles. The van der Waals surface area contributed by atoms with Crippen LogP contribution in [0, 0.1) is 24.8 Å². The van der Waals surface area contributed by atoms with Crippen molar-refractivity contribution >= 4 is 49.3 Å². The third kappa shape index (κ3) is 6.47. The highest BCUT2D eigenvalue weighted by atomic mass is 15.1. The van der Waals surface area contributed by atoms with Crippen molar-refractivity contribution in [2.24, 2.45) is 0 Å². The molecule has 0 N–H and O–H groups in total. The number of fused-ring (bicyclic) bond motifs is 6. The third-order valence-corrected chi connectivity index (χ3v) is 12.9. The Morgan fingerprint density at radius 2 is 0.970 bits per heavy atom. The van der Waals surface area contributed by atoms with E-state index in [1.165, 1.54) is 0 Å². The van der Waals surface area contributed by atoms with Crippen LogP contribution in [0.1, 0.15) is 11.1 Å². The molecule has 0 saturated carbocycles. The summed E-state index contributed by atoms with van der Waals surface area (Å²) in [4.78, 5) is 14.3. The number of rotatable bonds is 7. The molecule has 312 valence electrons. The maximum Gasteiger partial charge on any atom is 0.234 e. The molecule has 0 fully saturated rings. The van der Waals surface area contributed by atoms with Gasteiger partial charge in [-0.25, -0.2) is 4.85 Å². The van der Waals surface area contributed by atoms with Crippen LogP contribution >= 0.6 is 0 Å². The summed E-state index contributed by atoms with van der Waals surface area (Å²) in [6.45, 7) is 11.3. The van der Waals surface area contributed by atoms with Gasteiger partial charge in [0, 0.05) is 56.2 Å². The van der Waals surface area contributed by atoms with Crippen molar-refractivity contribution in [3.63, 3.8) is 0 Å². The summed E-state index contributed by atoms with van der Waals surface area (Å²) < 4.78 is 4.53. The van der Waals surface area contributed by atoms with Gasteiger partial charge in [-0.05, 0) is 89.3 Å². The van der Waals surface area contributed by atoms with Crippen LogP contribution in [-0.2, 0) is 0 Å². The molecule has 6 heteroatoms. The van der Waals surface area contributed by atoms with Crippen molar-refractivity contribution in [3.8, 4) is 73.3 Å². The molecular formula is C61H38N6. The molecule has 0 unspecified atom stereocenters. The first-order valence-corrected chi connectivity index (χ1v) is 22.2. The maximum absolute atomic E-state index is 10.3. The summed E-state index contributed by atoms with van der Waals surface area (Å²) in [5, 5.41) is 14.6. The van der Waals surface area contributed by atoms with Crippen LogP contribution in [0.25, 0.3) is 116 Å². The molecule has 12 rings (SSSR count). The van der Waals surface area contributed by atoms with Crippen molar-refractivity contribution in [3.05, 3.63) is 235 Å². The molecule has 0 amide bonds.